The molecule has 4 amide bonds. The van der Waals surface area contributed by atoms with Gasteiger partial charge in [0.2, 0.25) is 0 Å². The fraction of sp³-hybridized carbons (Fsp3) is 0.125. The Morgan fingerprint density at radius 2 is 1.27 bits per heavy atom. The van der Waals surface area contributed by atoms with Crippen LogP contribution >= 0.6 is 0 Å². The van der Waals surface area contributed by atoms with Gasteiger partial charge in [0.05, 0.1) is 24.0 Å². The molecule has 3 aromatic carbocycles. The number of esters is 1. The summed E-state index contributed by atoms with van der Waals surface area (Å²) in [7, 11) is 1.33. The Bertz CT molecular complexity index is 1670. The van der Waals surface area contributed by atoms with Gasteiger partial charge in [0.15, 0.2) is 0 Å². The maximum absolute atomic E-state index is 13.8. The lowest BCUT2D eigenvalue weighted by molar-refractivity contribution is -0.121. The van der Waals surface area contributed by atoms with Gasteiger partial charge in [-0.15, -0.1) is 0 Å². The molecule has 200 valence electrons. The fourth-order valence-electron chi connectivity index (χ4n) is 4.81. The SMILES string of the molecule is COC(=O)c1ccc(-n2c(C)cc(/C=C3\C(=O)N(c4ccccc4)C(=O)N(c4ccc(C)cc4)C3=O)c2C)cc1. The van der Waals surface area contributed by atoms with Gasteiger partial charge in [-0.3, -0.25) is 9.59 Å². The number of rotatable bonds is 5. The Morgan fingerprint density at radius 3 is 1.85 bits per heavy atom. The van der Waals surface area contributed by atoms with Crippen LogP contribution in [0.2, 0.25) is 0 Å². The monoisotopic (exact) mass is 533 g/mol. The van der Waals surface area contributed by atoms with E-state index in [0.29, 0.717) is 22.5 Å². The number of carbonyl (C=O) groups excluding carboxylic acids is 4. The fourth-order valence-corrected chi connectivity index (χ4v) is 4.81. The normalized spacial score (nSPS) is 14.7. The molecular formula is C32H27N3O5. The van der Waals surface area contributed by atoms with E-state index in [-0.39, 0.29) is 5.57 Å². The van der Waals surface area contributed by atoms with Crippen LogP contribution in [0.3, 0.4) is 0 Å². The van der Waals surface area contributed by atoms with Crippen LogP contribution in [-0.4, -0.2) is 35.5 Å². The number of anilines is 2. The summed E-state index contributed by atoms with van der Waals surface area (Å²) in [6, 6.07) is 23.6. The van der Waals surface area contributed by atoms with Gasteiger partial charge in [-0.1, -0.05) is 35.9 Å². The zero-order valence-corrected chi connectivity index (χ0v) is 22.5. The van der Waals surface area contributed by atoms with Gasteiger partial charge in [-0.05, 0) is 87.0 Å². The maximum atomic E-state index is 13.8. The number of ether oxygens (including phenoxy) is 1. The summed E-state index contributed by atoms with van der Waals surface area (Å²) in [4.78, 5) is 55.0. The van der Waals surface area contributed by atoms with Crippen LogP contribution in [0.25, 0.3) is 11.8 Å². The molecule has 0 radical (unpaired) electrons. The van der Waals surface area contributed by atoms with Crippen LogP contribution in [0.4, 0.5) is 16.2 Å². The van der Waals surface area contributed by atoms with Gasteiger partial charge >= 0.3 is 12.0 Å². The molecule has 4 aromatic rings. The quantitative estimate of drug-likeness (QED) is 0.185. The predicted octanol–water partition coefficient (Wildman–Crippen LogP) is 5.77. The van der Waals surface area contributed by atoms with Crippen molar-refractivity contribution in [2.75, 3.05) is 16.9 Å². The number of hydrogen-bond acceptors (Lipinski definition) is 5. The van der Waals surface area contributed by atoms with Gasteiger partial charge in [-0.2, -0.15) is 0 Å². The van der Waals surface area contributed by atoms with E-state index in [4.69, 9.17) is 4.74 Å². The van der Waals surface area contributed by atoms with Gasteiger partial charge in [0, 0.05) is 17.1 Å². The Kier molecular flexibility index (Phi) is 6.92. The molecule has 8 heteroatoms. The molecule has 0 bridgehead atoms. The summed E-state index contributed by atoms with van der Waals surface area (Å²) in [5.74, 6) is -1.82. The molecule has 0 aliphatic carbocycles. The van der Waals surface area contributed by atoms with E-state index >= 15 is 0 Å². The van der Waals surface area contributed by atoms with Crippen molar-refractivity contribution in [1.29, 1.82) is 0 Å². The third kappa shape index (κ3) is 4.60. The summed E-state index contributed by atoms with van der Waals surface area (Å²) in [5.41, 5.74) is 5.09. The maximum Gasteiger partial charge on any atom is 0.343 e. The zero-order valence-electron chi connectivity index (χ0n) is 22.5. The molecule has 0 N–H and O–H groups in total. The molecule has 0 saturated carbocycles. The second-order valence-electron chi connectivity index (χ2n) is 9.49. The Balaban J connectivity index is 1.61. The average molecular weight is 534 g/mol. The smallest absolute Gasteiger partial charge is 0.343 e. The molecular weight excluding hydrogens is 506 g/mol. The number of hydrogen-bond donors (Lipinski definition) is 0. The molecule has 1 aliphatic heterocycles. The molecule has 1 saturated heterocycles. The van der Waals surface area contributed by atoms with E-state index in [1.807, 2.05) is 43.5 Å². The minimum atomic E-state index is -0.738. The highest BCUT2D eigenvalue weighted by Crippen LogP contribution is 2.31. The predicted molar refractivity (Wildman–Crippen MR) is 153 cm³/mol. The van der Waals surface area contributed by atoms with Crippen LogP contribution in [0.15, 0.2) is 90.5 Å². The topological polar surface area (TPSA) is 88.9 Å². The average Bonchev–Trinajstić information content (AvgIpc) is 3.24. The molecule has 0 atom stereocenters. The minimum absolute atomic E-state index is 0.134. The van der Waals surface area contributed by atoms with Gasteiger partial charge in [-0.25, -0.2) is 19.4 Å². The van der Waals surface area contributed by atoms with Crippen molar-refractivity contribution in [2.45, 2.75) is 20.8 Å². The van der Waals surface area contributed by atoms with E-state index in [2.05, 4.69) is 0 Å². The number of methoxy groups -OCH3 is 1. The Labute approximate surface area is 231 Å². The number of para-hydroxylation sites is 1. The van der Waals surface area contributed by atoms with Gasteiger partial charge in [0.1, 0.15) is 5.57 Å². The van der Waals surface area contributed by atoms with E-state index in [9.17, 15) is 19.2 Å². The molecule has 2 heterocycles. The molecule has 0 unspecified atom stereocenters. The van der Waals surface area contributed by atoms with Crippen molar-refractivity contribution < 1.29 is 23.9 Å². The van der Waals surface area contributed by atoms with E-state index in [1.54, 1.807) is 66.7 Å². The van der Waals surface area contributed by atoms with Crippen molar-refractivity contribution in [3.63, 3.8) is 0 Å². The summed E-state index contributed by atoms with van der Waals surface area (Å²) in [6.45, 7) is 5.70. The molecule has 8 nitrogen and oxygen atoms in total. The summed E-state index contributed by atoms with van der Waals surface area (Å²) in [5, 5.41) is 0. The van der Waals surface area contributed by atoms with Crippen molar-refractivity contribution in [2.24, 2.45) is 0 Å². The highest BCUT2D eigenvalue weighted by atomic mass is 16.5. The number of nitrogens with zero attached hydrogens (tertiary/aromatic N) is 3. The van der Waals surface area contributed by atoms with Gasteiger partial charge < -0.3 is 9.30 Å². The molecule has 0 spiro atoms. The number of benzene rings is 3. The molecule has 40 heavy (non-hydrogen) atoms. The van der Waals surface area contributed by atoms with Gasteiger partial charge in [0.25, 0.3) is 11.8 Å². The van der Waals surface area contributed by atoms with Crippen molar-refractivity contribution in [3.8, 4) is 5.69 Å². The standard InChI is InChI=1S/C32H27N3O5/c1-20-10-14-27(15-11-20)35-30(37)28(29(36)34(32(35)39)25-8-6-5-7-9-25)19-24-18-21(2)33(22(24)3)26-16-12-23(13-17-26)31(38)40-4/h5-19H,1-4H3/b28-19+. The summed E-state index contributed by atoms with van der Waals surface area (Å²) >= 11 is 0. The molecule has 1 aromatic heterocycles. The van der Waals surface area contributed by atoms with E-state index < -0.39 is 23.8 Å². The lowest BCUT2D eigenvalue weighted by atomic mass is 10.0. The first-order valence-corrected chi connectivity index (χ1v) is 12.6. The van der Waals surface area contributed by atoms with E-state index in [1.165, 1.54) is 13.2 Å². The zero-order chi connectivity index (χ0) is 28.6. The number of amides is 4. The molecule has 5 rings (SSSR count). The first-order chi connectivity index (χ1) is 19.2. The lowest BCUT2D eigenvalue weighted by Gasteiger charge is -2.34. The second kappa shape index (κ2) is 10.5. The Morgan fingerprint density at radius 1 is 0.725 bits per heavy atom. The first kappa shape index (κ1) is 26.4. The van der Waals surface area contributed by atoms with Crippen LogP contribution in [-0.2, 0) is 14.3 Å². The first-order valence-electron chi connectivity index (χ1n) is 12.6. The third-order valence-corrected chi connectivity index (χ3v) is 6.87. The lowest BCUT2D eigenvalue weighted by Crippen LogP contribution is -2.57. The highest BCUT2D eigenvalue weighted by molar-refractivity contribution is 6.46. The van der Waals surface area contributed by atoms with Crippen LogP contribution < -0.4 is 9.80 Å². The van der Waals surface area contributed by atoms with Crippen LogP contribution in [0, 0.1) is 20.8 Å². The third-order valence-electron chi connectivity index (χ3n) is 6.87. The van der Waals surface area contributed by atoms with Crippen molar-refractivity contribution in [3.05, 3.63) is 119 Å². The largest absolute Gasteiger partial charge is 0.465 e. The van der Waals surface area contributed by atoms with Crippen LogP contribution in [0.1, 0.15) is 32.9 Å². The summed E-state index contributed by atoms with van der Waals surface area (Å²) < 4.78 is 6.74. The van der Waals surface area contributed by atoms with E-state index in [0.717, 1.165) is 32.4 Å². The second-order valence-corrected chi connectivity index (χ2v) is 9.49. The van der Waals surface area contributed by atoms with Crippen molar-refractivity contribution >= 4 is 41.3 Å². The number of carbonyl (C=O) groups is 4. The summed E-state index contributed by atoms with van der Waals surface area (Å²) in [6.07, 6.45) is 1.54. The number of imide groups is 2. The number of aryl methyl sites for hydroxylation is 2. The number of aromatic nitrogens is 1. The van der Waals surface area contributed by atoms with Crippen LogP contribution in [0.5, 0.6) is 0 Å². The highest BCUT2D eigenvalue weighted by Gasteiger charge is 2.43. The minimum Gasteiger partial charge on any atom is -0.465 e. The molecule has 1 aliphatic rings. The number of barbiturate groups is 1. The number of urea groups is 1. The van der Waals surface area contributed by atoms with Crippen molar-refractivity contribution in [1.82, 2.24) is 4.57 Å². The Hall–Kier alpha value is -5.24. The molecule has 1 fully saturated rings.